The van der Waals surface area contributed by atoms with Crippen LogP contribution in [0.15, 0.2) is 40.9 Å². The lowest BCUT2D eigenvalue weighted by Crippen LogP contribution is -2.16. The van der Waals surface area contributed by atoms with Crippen LogP contribution in [0.2, 0.25) is 0 Å². The van der Waals surface area contributed by atoms with E-state index >= 15 is 0 Å². The lowest BCUT2D eigenvalue weighted by Gasteiger charge is -2.09. The fourth-order valence-electron chi connectivity index (χ4n) is 2.14. The molecule has 20 heavy (non-hydrogen) atoms. The molecular formula is C16H14BrF2N. The van der Waals surface area contributed by atoms with E-state index in [1.54, 1.807) is 24.3 Å². The van der Waals surface area contributed by atoms with Gasteiger partial charge in [0, 0.05) is 28.2 Å². The minimum atomic E-state index is -0.305. The van der Waals surface area contributed by atoms with Gasteiger partial charge in [0.05, 0.1) is 0 Å². The molecule has 1 aliphatic carbocycles. The molecule has 0 radical (unpaired) electrons. The summed E-state index contributed by atoms with van der Waals surface area (Å²) in [4.78, 5) is 0. The van der Waals surface area contributed by atoms with Crippen LogP contribution >= 0.6 is 15.9 Å². The van der Waals surface area contributed by atoms with Gasteiger partial charge in [-0.3, -0.25) is 0 Å². The molecule has 0 bridgehead atoms. The van der Waals surface area contributed by atoms with Crippen LogP contribution < -0.4 is 5.32 Å². The van der Waals surface area contributed by atoms with Gasteiger partial charge in [-0.2, -0.15) is 0 Å². The summed E-state index contributed by atoms with van der Waals surface area (Å²) in [6.07, 6.45) is 2.31. The number of nitrogens with one attached hydrogen (secondary N) is 1. The maximum Gasteiger partial charge on any atom is 0.131 e. The van der Waals surface area contributed by atoms with Crippen LogP contribution in [-0.2, 0) is 6.54 Å². The Morgan fingerprint density at radius 2 is 1.80 bits per heavy atom. The average molecular weight is 338 g/mol. The lowest BCUT2D eigenvalue weighted by molar-refractivity contribution is 0.587. The summed E-state index contributed by atoms with van der Waals surface area (Å²) in [5.74, 6) is -0.557. The van der Waals surface area contributed by atoms with Crippen molar-refractivity contribution >= 4 is 15.9 Å². The summed E-state index contributed by atoms with van der Waals surface area (Å²) in [5, 5.41) is 3.28. The first-order valence-corrected chi connectivity index (χ1v) is 7.40. The summed E-state index contributed by atoms with van der Waals surface area (Å²) in [6, 6.07) is 10.0. The van der Waals surface area contributed by atoms with Crippen molar-refractivity contribution in [2.45, 2.75) is 25.4 Å². The Balaban J connectivity index is 1.92. The zero-order valence-electron chi connectivity index (χ0n) is 10.8. The van der Waals surface area contributed by atoms with E-state index < -0.39 is 0 Å². The molecule has 0 saturated heterocycles. The van der Waals surface area contributed by atoms with Gasteiger partial charge in [0.25, 0.3) is 0 Å². The highest BCUT2D eigenvalue weighted by molar-refractivity contribution is 9.10. The molecule has 0 aliphatic heterocycles. The van der Waals surface area contributed by atoms with Gasteiger partial charge in [-0.15, -0.1) is 0 Å². The average Bonchev–Trinajstić information content (AvgIpc) is 3.25. The second kappa shape index (κ2) is 5.62. The number of rotatable bonds is 4. The van der Waals surface area contributed by atoms with E-state index in [0.717, 1.165) is 17.3 Å². The highest BCUT2D eigenvalue weighted by Gasteiger charge is 2.20. The van der Waals surface area contributed by atoms with Gasteiger partial charge >= 0.3 is 0 Å². The second-order valence-corrected chi connectivity index (χ2v) is 6.00. The van der Waals surface area contributed by atoms with Crippen molar-refractivity contribution in [1.82, 2.24) is 5.32 Å². The monoisotopic (exact) mass is 337 g/mol. The topological polar surface area (TPSA) is 12.0 Å². The Morgan fingerprint density at radius 3 is 2.55 bits per heavy atom. The van der Waals surface area contributed by atoms with Crippen molar-refractivity contribution in [3.05, 3.63) is 58.1 Å². The Morgan fingerprint density at radius 1 is 1.05 bits per heavy atom. The van der Waals surface area contributed by atoms with Crippen molar-refractivity contribution in [3.63, 3.8) is 0 Å². The standard InChI is InChI=1S/C16H14BrF2N/c17-12-2-6-16(19)14(8-12)10-1-5-15(18)11(7-10)9-20-13-3-4-13/h1-2,5-8,13,20H,3-4,9H2. The van der Waals surface area contributed by atoms with Crippen molar-refractivity contribution in [1.29, 1.82) is 0 Å². The van der Waals surface area contributed by atoms with Gasteiger partial charge in [-0.1, -0.05) is 22.0 Å². The van der Waals surface area contributed by atoms with Crippen molar-refractivity contribution < 1.29 is 8.78 Å². The van der Waals surface area contributed by atoms with E-state index in [2.05, 4.69) is 21.2 Å². The molecule has 0 amide bonds. The summed E-state index contributed by atoms with van der Waals surface area (Å²) < 4.78 is 28.5. The molecule has 1 nitrogen and oxygen atoms in total. The number of benzene rings is 2. The first-order valence-electron chi connectivity index (χ1n) is 6.61. The van der Waals surface area contributed by atoms with Crippen LogP contribution in [0.3, 0.4) is 0 Å². The predicted molar refractivity (Wildman–Crippen MR) is 79.4 cm³/mol. The third kappa shape index (κ3) is 3.07. The SMILES string of the molecule is Fc1ccc(-c2cc(Br)ccc2F)cc1CNC1CC1. The zero-order chi connectivity index (χ0) is 14.1. The fourth-order valence-corrected chi connectivity index (χ4v) is 2.50. The maximum absolute atomic E-state index is 13.9. The van der Waals surface area contributed by atoms with Gasteiger partial charge in [0.1, 0.15) is 11.6 Å². The number of hydrogen-bond donors (Lipinski definition) is 1. The molecule has 2 aromatic rings. The van der Waals surface area contributed by atoms with Crippen LogP contribution in [0.25, 0.3) is 11.1 Å². The van der Waals surface area contributed by atoms with Gasteiger partial charge in [-0.25, -0.2) is 8.78 Å². The Labute approximate surface area is 125 Å². The largest absolute Gasteiger partial charge is 0.310 e. The zero-order valence-corrected chi connectivity index (χ0v) is 12.4. The Kier molecular flexibility index (Phi) is 3.85. The Bertz CT molecular complexity index is 638. The fraction of sp³-hybridized carbons (Fsp3) is 0.250. The van der Waals surface area contributed by atoms with Crippen molar-refractivity contribution in [2.24, 2.45) is 0 Å². The van der Waals surface area contributed by atoms with E-state index in [4.69, 9.17) is 0 Å². The van der Waals surface area contributed by atoms with E-state index in [1.165, 1.54) is 12.1 Å². The molecular weight excluding hydrogens is 324 g/mol. The number of halogens is 3. The third-order valence-electron chi connectivity index (χ3n) is 3.44. The summed E-state index contributed by atoms with van der Waals surface area (Å²) in [5.41, 5.74) is 1.75. The molecule has 2 aromatic carbocycles. The molecule has 1 aliphatic rings. The molecule has 0 spiro atoms. The normalized spacial score (nSPS) is 14.6. The van der Waals surface area contributed by atoms with E-state index in [1.807, 2.05) is 0 Å². The smallest absolute Gasteiger partial charge is 0.131 e. The molecule has 0 unspecified atom stereocenters. The first kappa shape index (κ1) is 13.7. The van der Waals surface area contributed by atoms with Crippen LogP contribution in [-0.4, -0.2) is 6.04 Å². The molecule has 1 fully saturated rings. The molecule has 3 rings (SSSR count). The highest BCUT2D eigenvalue weighted by atomic mass is 79.9. The molecule has 0 aromatic heterocycles. The van der Waals surface area contributed by atoms with E-state index in [-0.39, 0.29) is 11.6 Å². The van der Waals surface area contributed by atoms with Gasteiger partial charge in [0.15, 0.2) is 0 Å². The van der Waals surface area contributed by atoms with Crippen molar-refractivity contribution in [3.8, 4) is 11.1 Å². The van der Waals surface area contributed by atoms with Gasteiger partial charge in [0.2, 0.25) is 0 Å². The molecule has 4 heteroatoms. The molecule has 0 atom stereocenters. The van der Waals surface area contributed by atoms with Crippen LogP contribution in [0.5, 0.6) is 0 Å². The third-order valence-corrected chi connectivity index (χ3v) is 3.94. The van der Waals surface area contributed by atoms with E-state index in [0.29, 0.717) is 29.3 Å². The first-order chi connectivity index (χ1) is 9.63. The van der Waals surface area contributed by atoms with Gasteiger partial charge < -0.3 is 5.32 Å². The maximum atomic E-state index is 13.9. The van der Waals surface area contributed by atoms with Crippen LogP contribution in [0, 0.1) is 11.6 Å². The minimum absolute atomic E-state index is 0.252. The molecule has 1 saturated carbocycles. The lowest BCUT2D eigenvalue weighted by atomic mass is 10.0. The van der Waals surface area contributed by atoms with Crippen molar-refractivity contribution in [2.75, 3.05) is 0 Å². The summed E-state index contributed by atoms with van der Waals surface area (Å²) in [6.45, 7) is 0.486. The summed E-state index contributed by atoms with van der Waals surface area (Å²) >= 11 is 3.33. The Hall–Kier alpha value is -1.26. The molecule has 1 N–H and O–H groups in total. The van der Waals surface area contributed by atoms with E-state index in [9.17, 15) is 8.78 Å². The van der Waals surface area contributed by atoms with Crippen LogP contribution in [0.4, 0.5) is 8.78 Å². The quantitative estimate of drug-likeness (QED) is 0.856. The molecule has 104 valence electrons. The number of hydrogen-bond acceptors (Lipinski definition) is 1. The van der Waals surface area contributed by atoms with Crippen LogP contribution in [0.1, 0.15) is 18.4 Å². The molecule has 0 heterocycles. The predicted octanol–water partition coefficient (Wildman–Crippen LogP) is 4.65. The minimum Gasteiger partial charge on any atom is -0.310 e. The van der Waals surface area contributed by atoms with Gasteiger partial charge in [-0.05, 0) is 48.7 Å². The second-order valence-electron chi connectivity index (χ2n) is 5.09. The summed E-state index contributed by atoms with van der Waals surface area (Å²) in [7, 11) is 0. The highest BCUT2D eigenvalue weighted by Crippen LogP contribution is 2.28.